The fraction of sp³-hybridized carbons (Fsp3) is 0.250. The van der Waals surface area contributed by atoms with E-state index in [-0.39, 0.29) is 23.3 Å². The van der Waals surface area contributed by atoms with Crippen LogP contribution in [0.25, 0.3) is 0 Å². The molecule has 0 fully saturated rings. The number of nitrogens with one attached hydrogen (secondary N) is 3. The lowest BCUT2D eigenvalue weighted by Gasteiger charge is -2.11. The first-order valence-electron chi connectivity index (χ1n) is 8.71. The number of unbranched alkanes of at least 4 members (excludes halogenated alkanes) is 1. The summed E-state index contributed by atoms with van der Waals surface area (Å²) in [5.74, 6) is -0.244. The molecule has 2 amide bonds. The van der Waals surface area contributed by atoms with Gasteiger partial charge in [0.05, 0.1) is 6.42 Å². The van der Waals surface area contributed by atoms with Crippen LogP contribution in [0.5, 0.6) is 0 Å². The van der Waals surface area contributed by atoms with Crippen LogP contribution in [0.4, 0.5) is 11.4 Å². The second kappa shape index (κ2) is 10.6. The van der Waals surface area contributed by atoms with Crippen molar-refractivity contribution in [1.82, 2.24) is 5.32 Å². The summed E-state index contributed by atoms with van der Waals surface area (Å²) in [5, 5.41) is 9.26. The van der Waals surface area contributed by atoms with E-state index in [0.717, 1.165) is 18.4 Å². The third-order valence-corrected chi connectivity index (χ3v) is 4.15. The van der Waals surface area contributed by atoms with Crippen LogP contribution in [-0.4, -0.2) is 16.9 Å². The topological polar surface area (TPSA) is 70.2 Å². The van der Waals surface area contributed by atoms with E-state index in [2.05, 4.69) is 16.0 Å². The number of benzene rings is 2. The van der Waals surface area contributed by atoms with E-state index in [1.807, 2.05) is 6.92 Å². The lowest BCUT2D eigenvalue weighted by molar-refractivity contribution is -0.119. The van der Waals surface area contributed by atoms with Crippen LogP contribution in [0.2, 0.25) is 5.02 Å². The monoisotopic (exact) mass is 403 g/mol. The van der Waals surface area contributed by atoms with Gasteiger partial charge in [-0.25, -0.2) is 0 Å². The van der Waals surface area contributed by atoms with Crippen molar-refractivity contribution < 1.29 is 9.59 Å². The van der Waals surface area contributed by atoms with Gasteiger partial charge in [0.2, 0.25) is 11.8 Å². The Morgan fingerprint density at radius 3 is 2.33 bits per heavy atom. The standard InChI is InChI=1S/C20H22ClN3O2S/c1-2-3-7-18(25)22-16-5-4-6-17(13-16)23-20(27)24-19(26)12-14-8-10-15(21)11-9-14/h4-6,8-11,13H,2-3,7,12H2,1H3,(H,22,25)(H2,23,24,26,27). The summed E-state index contributed by atoms with van der Waals surface area (Å²) < 4.78 is 0. The Hall–Kier alpha value is -2.44. The van der Waals surface area contributed by atoms with E-state index in [1.165, 1.54) is 0 Å². The van der Waals surface area contributed by atoms with Gasteiger partial charge in [0.15, 0.2) is 5.11 Å². The zero-order valence-electron chi connectivity index (χ0n) is 15.0. The van der Waals surface area contributed by atoms with Crippen LogP contribution in [0.3, 0.4) is 0 Å². The smallest absolute Gasteiger partial charge is 0.230 e. The fourth-order valence-corrected chi connectivity index (χ4v) is 2.71. The molecule has 5 nitrogen and oxygen atoms in total. The van der Waals surface area contributed by atoms with E-state index in [0.29, 0.717) is 22.8 Å². The Balaban J connectivity index is 1.85. The number of thiocarbonyl (C=S) groups is 1. The van der Waals surface area contributed by atoms with E-state index in [1.54, 1.807) is 48.5 Å². The SMILES string of the molecule is CCCCC(=O)Nc1cccc(NC(=S)NC(=O)Cc2ccc(Cl)cc2)c1. The predicted molar refractivity (Wildman–Crippen MR) is 114 cm³/mol. The molecule has 0 aliphatic carbocycles. The maximum absolute atomic E-state index is 12.1. The molecule has 0 saturated heterocycles. The van der Waals surface area contributed by atoms with Crippen molar-refractivity contribution in [1.29, 1.82) is 0 Å². The number of anilines is 2. The minimum absolute atomic E-state index is 0.0205. The average molecular weight is 404 g/mol. The lowest BCUT2D eigenvalue weighted by atomic mass is 10.1. The molecule has 7 heteroatoms. The minimum Gasteiger partial charge on any atom is -0.332 e. The molecule has 0 atom stereocenters. The van der Waals surface area contributed by atoms with Crippen molar-refractivity contribution in [2.75, 3.05) is 10.6 Å². The zero-order chi connectivity index (χ0) is 19.6. The number of halogens is 1. The van der Waals surface area contributed by atoms with E-state index >= 15 is 0 Å². The van der Waals surface area contributed by atoms with Crippen LogP contribution in [0.1, 0.15) is 31.7 Å². The molecule has 0 bridgehead atoms. The molecule has 0 unspecified atom stereocenters. The van der Waals surface area contributed by atoms with Gasteiger partial charge in [-0.15, -0.1) is 0 Å². The first kappa shape index (κ1) is 20.9. The van der Waals surface area contributed by atoms with Crippen molar-refractivity contribution in [2.24, 2.45) is 0 Å². The summed E-state index contributed by atoms with van der Waals surface area (Å²) in [6, 6.07) is 14.2. The van der Waals surface area contributed by atoms with E-state index < -0.39 is 0 Å². The van der Waals surface area contributed by atoms with Gasteiger partial charge in [-0.2, -0.15) is 0 Å². The number of rotatable bonds is 7. The predicted octanol–water partition coefficient (Wildman–Crippen LogP) is 4.52. The number of carbonyl (C=O) groups excluding carboxylic acids is 2. The molecule has 2 aromatic rings. The summed E-state index contributed by atoms with van der Waals surface area (Å²) in [5.41, 5.74) is 2.20. The highest BCUT2D eigenvalue weighted by Gasteiger charge is 2.07. The van der Waals surface area contributed by atoms with Crippen molar-refractivity contribution >= 4 is 52.1 Å². The highest BCUT2D eigenvalue weighted by atomic mass is 35.5. The van der Waals surface area contributed by atoms with E-state index in [9.17, 15) is 9.59 Å². The van der Waals surface area contributed by atoms with Crippen molar-refractivity contribution in [3.8, 4) is 0 Å². The molecule has 3 N–H and O–H groups in total. The first-order valence-corrected chi connectivity index (χ1v) is 9.50. The molecule has 0 aliphatic rings. The second-order valence-corrected chi connectivity index (χ2v) is 6.88. The van der Waals surface area contributed by atoms with Gasteiger partial charge in [0.25, 0.3) is 0 Å². The van der Waals surface area contributed by atoms with Gasteiger partial charge < -0.3 is 16.0 Å². The number of carbonyl (C=O) groups is 2. The summed E-state index contributed by atoms with van der Waals surface area (Å²) in [4.78, 5) is 23.9. The Morgan fingerprint density at radius 1 is 1.00 bits per heavy atom. The van der Waals surface area contributed by atoms with E-state index in [4.69, 9.17) is 23.8 Å². The zero-order valence-corrected chi connectivity index (χ0v) is 16.6. The molecule has 2 rings (SSSR count). The Morgan fingerprint density at radius 2 is 1.67 bits per heavy atom. The Kier molecular flexibility index (Phi) is 8.23. The Bertz CT molecular complexity index is 809. The van der Waals surface area contributed by atoms with Gasteiger partial charge >= 0.3 is 0 Å². The van der Waals surface area contributed by atoms with Crippen LogP contribution >= 0.6 is 23.8 Å². The molecule has 0 radical (unpaired) electrons. The Labute approximate surface area is 169 Å². The van der Waals surface area contributed by atoms with Crippen molar-refractivity contribution in [3.05, 3.63) is 59.1 Å². The van der Waals surface area contributed by atoms with Crippen LogP contribution in [0, 0.1) is 0 Å². The molecule has 27 heavy (non-hydrogen) atoms. The quantitative estimate of drug-likeness (QED) is 0.594. The molecule has 2 aromatic carbocycles. The molecule has 0 saturated carbocycles. The molecule has 0 aromatic heterocycles. The maximum Gasteiger partial charge on any atom is 0.230 e. The van der Waals surface area contributed by atoms with Gasteiger partial charge in [-0.05, 0) is 54.5 Å². The maximum atomic E-state index is 12.1. The minimum atomic E-state index is -0.223. The first-order chi connectivity index (χ1) is 13.0. The number of hydrogen-bond acceptors (Lipinski definition) is 3. The van der Waals surface area contributed by atoms with Gasteiger partial charge in [-0.3, -0.25) is 9.59 Å². The van der Waals surface area contributed by atoms with Gasteiger partial charge in [-0.1, -0.05) is 43.1 Å². The van der Waals surface area contributed by atoms with Crippen LogP contribution in [0.15, 0.2) is 48.5 Å². The molecular formula is C20H22ClN3O2S. The van der Waals surface area contributed by atoms with Crippen molar-refractivity contribution in [3.63, 3.8) is 0 Å². The normalized spacial score (nSPS) is 10.1. The largest absolute Gasteiger partial charge is 0.332 e. The fourth-order valence-electron chi connectivity index (χ4n) is 2.36. The molecular weight excluding hydrogens is 382 g/mol. The molecule has 0 spiro atoms. The summed E-state index contributed by atoms with van der Waals surface area (Å²) in [7, 11) is 0. The van der Waals surface area contributed by atoms with Gasteiger partial charge in [0, 0.05) is 22.8 Å². The molecule has 0 aliphatic heterocycles. The van der Waals surface area contributed by atoms with Crippen LogP contribution in [-0.2, 0) is 16.0 Å². The third kappa shape index (κ3) is 7.76. The van der Waals surface area contributed by atoms with Crippen molar-refractivity contribution in [2.45, 2.75) is 32.6 Å². The highest BCUT2D eigenvalue weighted by molar-refractivity contribution is 7.80. The number of hydrogen-bond donors (Lipinski definition) is 3. The summed E-state index contributed by atoms with van der Waals surface area (Å²) in [6.07, 6.45) is 2.52. The summed E-state index contributed by atoms with van der Waals surface area (Å²) in [6.45, 7) is 2.04. The lowest BCUT2D eigenvalue weighted by Crippen LogP contribution is -2.35. The van der Waals surface area contributed by atoms with Gasteiger partial charge in [0.1, 0.15) is 0 Å². The second-order valence-electron chi connectivity index (χ2n) is 6.04. The highest BCUT2D eigenvalue weighted by Crippen LogP contribution is 2.16. The van der Waals surface area contributed by atoms with Crippen LogP contribution < -0.4 is 16.0 Å². The average Bonchev–Trinajstić information content (AvgIpc) is 2.62. The molecule has 0 heterocycles. The molecule has 142 valence electrons. The summed E-state index contributed by atoms with van der Waals surface area (Å²) >= 11 is 11.0. The third-order valence-electron chi connectivity index (χ3n) is 3.69. The number of amides is 2.